The maximum atomic E-state index is 13.1. The quantitative estimate of drug-likeness (QED) is 0.286. The molecule has 7 rings (SSSR count). The SMILES string of the molecule is O=S(=O)(c1ccc(N2CC(CCCC3CCCC(C4(C5CCCC5)NCCc5ccccc54)CC3)C2)cc1)C1CCCCC1. The standard InChI is InChI=1S/C39H56N2O2S/c42-44(43,36-17-2-1-3-18-36)37-24-22-35(23-25-37)41-28-31(29-41)12-8-10-30-11-9-16-34(21-20-30)39(33-14-5-6-15-33)38-19-7-4-13-32(38)26-27-40-39/h4,7,13,19,22-25,30-31,33-34,36,40H,1-3,5-6,8-12,14-18,20-21,26-29H2. The van der Waals surface area contributed by atoms with Gasteiger partial charge in [-0.1, -0.05) is 88.5 Å². The Morgan fingerprint density at radius 3 is 2.18 bits per heavy atom. The summed E-state index contributed by atoms with van der Waals surface area (Å²) in [5, 5.41) is 4.05. The molecule has 3 aliphatic carbocycles. The zero-order valence-corrected chi connectivity index (χ0v) is 27.8. The largest absolute Gasteiger partial charge is 0.371 e. The van der Waals surface area contributed by atoms with Gasteiger partial charge in [-0.3, -0.25) is 0 Å². The number of anilines is 1. The van der Waals surface area contributed by atoms with Crippen molar-refractivity contribution in [3.8, 4) is 0 Å². The molecule has 4 nitrogen and oxygen atoms in total. The highest BCUT2D eigenvalue weighted by atomic mass is 32.2. The van der Waals surface area contributed by atoms with E-state index < -0.39 is 9.84 Å². The molecule has 2 aromatic carbocycles. The average Bonchev–Trinajstić information content (AvgIpc) is 3.49. The summed E-state index contributed by atoms with van der Waals surface area (Å²) in [6, 6.07) is 17.3. The van der Waals surface area contributed by atoms with Gasteiger partial charge in [-0.2, -0.15) is 0 Å². The minimum absolute atomic E-state index is 0.177. The van der Waals surface area contributed by atoms with Gasteiger partial charge in [-0.15, -0.1) is 0 Å². The van der Waals surface area contributed by atoms with E-state index in [1.807, 2.05) is 24.3 Å². The van der Waals surface area contributed by atoms with Crippen LogP contribution < -0.4 is 10.2 Å². The molecule has 240 valence electrons. The lowest BCUT2D eigenvalue weighted by Crippen LogP contribution is -2.56. The number of benzene rings is 2. The van der Waals surface area contributed by atoms with E-state index in [9.17, 15) is 8.42 Å². The van der Waals surface area contributed by atoms with Crippen LogP contribution in [0.2, 0.25) is 0 Å². The lowest BCUT2D eigenvalue weighted by molar-refractivity contribution is 0.0996. The molecular formula is C39H56N2O2S. The molecule has 2 heterocycles. The second-order valence-corrected chi connectivity index (χ2v) is 17.5. The minimum Gasteiger partial charge on any atom is -0.371 e. The zero-order chi connectivity index (χ0) is 30.0. The molecule has 0 bridgehead atoms. The summed E-state index contributed by atoms with van der Waals surface area (Å²) >= 11 is 0. The summed E-state index contributed by atoms with van der Waals surface area (Å²) in [7, 11) is -3.18. The van der Waals surface area contributed by atoms with Crippen LogP contribution in [0.5, 0.6) is 0 Å². The van der Waals surface area contributed by atoms with E-state index in [2.05, 4.69) is 34.5 Å². The van der Waals surface area contributed by atoms with Gasteiger partial charge in [-0.25, -0.2) is 8.42 Å². The van der Waals surface area contributed by atoms with Crippen molar-refractivity contribution in [2.24, 2.45) is 23.7 Å². The lowest BCUT2D eigenvalue weighted by Gasteiger charge is -2.50. The molecular weight excluding hydrogens is 561 g/mol. The topological polar surface area (TPSA) is 49.4 Å². The molecule has 1 saturated heterocycles. The number of fused-ring (bicyclic) bond motifs is 1. The summed E-state index contributed by atoms with van der Waals surface area (Å²) in [4.78, 5) is 2.96. The van der Waals surface area contributed by atoms with E-state index >= 15 is 0 Å². The fourth-order valence-electron chi connectivity index (χ4n) is 10.3. The van der Waals surface area contributed by atoms with E-state index in [0.717, 1.165) is 69.0 Å². The van der Waals surface area contributed by atoms with Crippen molar-refractivity contribution < 1.29 is 8.42 Å². The molecule has 2 aliphatic heterocycles. The van der Waals surface area contributed by atoms with E-state index in [4.69, 9.17) is 0 Å². The predicted molar refractivity (Wildman–Crippen MR) is 182 cm³/mol. The van der Waals surface area contributed by atoms with E-state index in [-0.39, 0.29) is 10.8 Å². The first-order valence-electron chi connectivity index (χ1n) is 18.5. The summed E-state index contributed by atoms with van der Waals surface area (Å²) in [5.74, 6) is 3.27. The first-order chi connectivity index (χ1) is 21.5. The monoisotopic (exact) mass is 616 g/mol. The van der Waals surface area contributed by atoms with Crippen LogP contribution in [0.1, 0.15) is 120 Å². The van der Waals surface area contributed by atoms with Crippen molar-refractivity contribution in [1.82, 2.24) is 5.32 Å². The molecule has 3 saturated carbocycles. The van der Waals surface area contributed by atoms with Crippen LogP contribution in [0.15, 0.2) is 53.4 Å². The van der Waals surface area contributed by atoms with Gasteiger partial charge in [0.05, 0.1) is 10.1 Å². The molecule has 0 radical (unpaired) electrons. The van der Waals surface area contributed by atoms with Crippen LogP contribution in [-0.4, -0.2) is 33.3 Å². The van der Waals surface area contributed by atoms with E-state index in [0.29, 0.717) is 4.90 Å². The van der Waals surface area contributed by atoms with Crippen LogP contribution in [0.4, 0.5) is 5.69 Å². The molecule has 0 aromatic heterocycles. The third kappa shape index (κ3) is 6.14. The fraction of sp³-hybridized carbons (Fsp3) is 0.692. The van der Waals surface area contributed by atoms with Gasteiger partial charge in [0.15, 0.2) is 9.84 Å². The Kier molecular flexibility index (Phi) is 9.43. The number of sulfone groups is 1. The Hall–Kier alpha value is -1.85. The fourth-order valence-corrected chi connectivity index (χ4v) is 12.1. The molecule has 44 heavy (non-hydrogen) atoms. The summed E-state index contributed by atoms with van der Waals surface area (Å²) in [6.45, 7) is 3.39. The molecule has 3 unspecified atom stereocenters. The van der Waals surface area contributed by atoms with Crippen LogP contribution in [0, 0.1) is 23.7 Å². The Morgan fingerprint density at radius 1 is 0.705 bits per heavy atom. The van der Waals surface area contributed by atoms with Gasteiger partial charge in [0.25, 0.3) is 0 Å². The normalized spacial score (nSPS) is 29.2. The van der Waals surface area contributed by atoms with Crippen molar-refractivity contribution >= 4 is 15.5 Å². The molecule has 3 atom stereocenters. The first kappa shape index (κ1) is 30.8. The maximum absolute atomic E-state index is 13.1. The van der Waals surface area contributed by atoms with Crippen LogP contribution in [-0.2, 0) is 21.8 Å². The molecule has 5 aliphatic rings. The van der Waals surface area contributed by atoms with Crippen LogP contribution in [0.25, 0.3) is 0 Å². The molecule has 1 N–H and O–H groups in total. The third-order valence-electron chi connectivity index (χ3n) is 12.7. The van der Waals surface area contributed by atoms with Crippen molar-refractivity contribution in [2.75, 3.05) is 24.5 Å². The average molecular weight is 617 g/mol. The lowest BCUT2D eigenvalue weighted by atomic mass is 9.63. The van der Waals surface area contributed by atoms with Crippen molar-refractivity contribution in [1.29, 1.82) is 0 Å². The van der Waals surface area contributed by atoms with Gasteiger partial charge < -0.3 is 10.2 Å². The van der Waals surface area contributed by atoms with Gasteiger partial charge in [0, 0.05) is 30.9 Å². The van der Waals surface area contributed by atoms with Gasteiger partial charge in [0.1, 0.15) is 0 Å². The Balaban J connectivity index is 0.889. The molecule has 0 amide bonds. The van der Waals surface area contributed by atoms with Crippen molar-refractivity contribution in [2.45, 2.75) is 131 Å². The predicted octanol–water partition coefficient (Wildman–Crippen LogP) is 8.83. The van der Waals surface area contributed by atoms with Gasteiger partial charge in [0.2, 0.25) is 0 Å². The number of nitrogens with one attached hydrogen (secondary N) is 1. The maximum Gasteiger partial charge on any atom is 0.181 e. The highest BCUT2D eigenvalue weighted by Crippen LogP contribution is 2.52. The molecule has 0 spiro atoms. The highest BCUT2D eigenvalue weighted by molar-refractivity contribution is 7.92. The minimum atomic E-state index is -3.18. The summed E-state index contributed by atoms with van der Waals surface area (Å²) in [6.07, 6.45) is 22.9. The number of rotatable bonds is 9. The molecule has 4 fully saturated rings. The van der Waals surface area contributed by atoms with E-state index in [1.54, 1.807) is 11.1 Å². The van der Waals surface area contributed by atoms with Gasteiger partial charge in [-0.05, 0) is 110 Å². The second kappa shape index (κ2) is 13.5. The van der Waals surface area contributed by atoms with Crippen LogP contribution >= 0.6 is 0 Å². The summed E-state index contributed by atoms with van der Waals surface area (Å²) in [5.41, 5.74) is 4.69. The van der Waals surface area contributed by atoms with Crippen molar-refractivity contribution in [3.05, 3.63) is 59.7 Å². The Morgan fingerprint density at radius 2 is 1.39 bits per heavy atom. The zero-order valence-electron chi connectivity index (χ0n) is 27.0. The first-order valence-corrected chi connectivity index (χ1v) is 20.0. The third-order valence-corrected chi connectivity index (χ3v) is 15.0. The smallest absolute Gasteiger partial charge is 0.181 e. The molecule has 5 heteroatoms. The Labute approximate surface area is 267 Å². The second-order valence-electron chi connectivity index (χ2n) is 15.3. The van der Waals surface area contributed by atoms with Crippen molar-refractivity contribution in [3.63, 3.8) is 0 Å². The molecule has 2 aromatic rings. The van der Waals surface area contributed by atoms with Gasteiger partial charge >= 0.3 is 0 Å². The highest BCUT2D eigenvalue weighted by Gasteiger charge is 2.49. The number of nitrogens with zero attached hydrogens (tertiary/aromatic N) is 1. The Bertz CT molecular complexity index is 1340. The van der Waals surface area contributed by atoms with E-state index in [1.165, 1.54) is 95.6 Å². The summed E-state index contributed by atoms with van der Waals surface area (Å²) < 4.78 is 26.2. The van der Waals surface area contributed by atoms with Crippen LogP contribution in [0.3, 0.4) is 0 Å². The number of hydrogen-bond donors (Lipinski definition) is 1. The number of hydrogen-bond acceptors (Lipinski definition) is 4.